The van der Waals surface area contributed by atoms with Crippen LogP contribution in [0, 0.1) is 18.8 Å². The van der Waals surface area contributed by atoms with Gasteiger partial charge in [0.25, 0.3) is 0 Å². The van der Waals surface area contributed by atoms with Gasteiger partial charge in [0.15, 0.2) is 0 Å². The molecule has 0 aromatic carbocycles. The smallest absolute Gasteiger partial charge is 0.0355 e. The van der Waals surface area contributed by atoms with E-state index in [9.17, 15) is 0 Å². The summed E-state index contributed by atoms with van der Waals surface area (Å²) in [7, 11) is 0. The highest BCUT2D eigenvalue weighted by Crippen LogP contribution is 2.23. The van der Waals surface area contributed by atoms with Crippen molar-refractivity contribution < 1.29 is 0 Å². The fourth-order valence-corrected chi connectivity index (χ4v) is 1.21. The molecule has 0 nitrogen and oxygen atoms in total. The quantitative estimate of drug-likeness (QED) is 0.486. The van der Waals surface area contributed by atoms with E-state index < -0.39 is 0 Å². The van der Waals surface area contributed by atoms with Crippen LogP contribution >= 0.6 is 0 Å². The molecule has 2 radical (unpaired) electrons. The number of hydrogen-bond donors (Lipinski definition) is 0. The molecule has 0 spiro atoms. The molecular weight excluding hydrogens is 96.1 g/mol. The van der Waals surface area contributed by atoms with Gasteiger partial charge in [-0.3, -0.25) is 0 Å². The summed E-state index contributed by atoms with van der Waals surface area (Å²) in [6.07, 6.45) is 10.2. The summed E-state index contributed by atoms with van der Waals surface area (Å²) in [5.74, 6) is 0.906. The van der Waals surface area contributed by atoms with Gasteiger partial charge in [0.1, 0.15) is 0 Å². The molecule has 1 rings (SSSR count). The second-order valence-corrected chi connectivity index (χ2v) is 2.51. The van der Waals surface area contributed by atoms with Crippen molar-refractivity contribution in [3.05, 3.63) is 12.8 Å². The summed E-state index contributed by atoms with van der Waals surface area (Å²) in [4.78, 5) is 0. The molecule has 0 bridgehead atoms. The van der Waals surface area contributed by atoms with E-state index >= 15 is 0 Å². The fourth-order valence-electron chi connectivity index (χ4n) is 1.21. The molecule has 46 valence electrons. The van der Waals surface area contributed by atoms with E-state index in [-0.39, 0.29) is 0 Å². The topological polar surface area (TPSA) is 0 Å². The molecule has 1 aliphatic rings. The maximum Gasteiger partial charge on any atom is -0.0355 e. The number of hydrogen-bond acceptors (Lipinski definition) is 0. The van der Waals surface area contributed by atoms with Crippen LogP contribution in [0.5, 0.6) is 0 Å². The van der Waals surface area contributed by atoms with Crippen LogP contribution in [0.25, 0.3) is 0 Å². The van der Waals surface area contributed by atoms with Crippen molar-refractivity contribution in [2.75, 3.05) is 0 Å². The van der Waals surface area contributed by atoms with Gasteiger partial charge in [-0.15, -0.1) is 0 Å². The van der Waals surface area contributed by atoms with Crippen LogP contribution in [0.15, 0.2) is 0 Å². The molecule has 1 atom stereocenters. The van der Waals surface area contributed by atoms with E-state index in [0.717, 1.165) is 5.92 Å². The second kappa shape index (κ2) is 3.11. The van der Waals surface area contributed by atoms with Crippen LogP contribution in [0.2, 0.25) is 0 Å². The molecule has 1 unspecified atom stereocenters. The standard InChI is InChI=1S/C8H14/c1-2-8-6-4-3-5-7-8/h4,7-8H,2-3,5-6H2,1H3. The normalized spacial score (nSPS) is 23.6. The Morgan fingerprint density at radius 2 is 2.38 bits per heavy atom. The minimum Gasteiger partial charge on any atom is -0.0651 e. The molecule has 1 saturated carbocycles. The first-order chi connectivity index (χ1) is 3.93. The van der Waals surface area contributed by atoms with Crippen LogP contribution in [0.4, 0.5) is 0 Å². The molecule has 0 heterocycles. The summed E-state index contributed by atoms with van der Waals surface area (Å²) in [5.41, 5.74) is 0. The Morgan fingerprint density at radius 3 is 2.75 bits per heavy atom. The van der Waals surface area contributed by atoms with E-state index in [1.165, 1.54) is 25.7 Å². The molecule has 1 fully saturated rings. The van der Waals surface area contributed by atoms with Crippen LogP contribution in [0.1, 0.15) is 32.6 Å². The molecule has 0 aromatic rings. The molecule has 0 saturated heterocycles. The highest BCUT2D eigenvalue weighted by atomic mass is 14.2. The zero-order chi connectivity index (χ0) is 5.82. The van der Waals surface area contributed by atoms with E-state index in [1.54, 1.807) is 0 Å². The first-order valence-corrected chi connectivity index (χ1v) is 3.58. The van der Waals surface area contributed by atoms with Crippen LogP contribution in [0.3, 0.4) is 0 Å². The summed E-state index contributed by atoms with van der Waals surface area (Å²) >= 11 is 0. The van der Waals surface area contributed by atoms with Gasteiger partial charge in [-0.1, -0.05) is 13.3 Å². The van der Waals surface area contributed by atoms with E-state index in [4.69, 9.17) is 0 Å². The predicted molar refractivity (Wildman–Crippen MR) is 36.2 cm³/mol. The third kappa shape index (κ3) is 1.50. The minimum atomic E-state index is 0.906. The molecule has 1 aliphatic carbocycles. The Labute approximate surface area is 52.3 Å². The molecule has 0 heteroatoms. The average molecular weight is 110 g/mol. The second-order valence-electron chi connectivity index (χ2n) is 2.51. The maximum atomic E-state index is 2.46. The minimum absolute atomic E-state index is 0.906. The lowest BCUT2D eigenvalue weighted by molar-refractivity contribution is 0.502. The van der Waals surface area contributed by atoms with Gasteiger partial charge in [0.2, 0.25) is 0 Å². The largest absolute Gasteiger partial charge is 0.0651 e. The van der Waals surface area contributed by atoms with Gasteiger partial charge in [-0.25, -0.2) is 0 Å². The highest BCUT2D eigenvalue weighted by Gasteiger charge is 2.10. The molecule has 8 heavy (non-hydrogen) atoms. The third-order valence-corrected chi connectivity index (χ3v) is 1.86. The van der Waals surface area contributed by atoms with E-state index in [0.29, 0.717) is 0 Å². The van der Waals surface area contributed by atoms with Crippen molar-refractivity contribution in [2.45, 2.75) is 32.6 Å². The third-order valence-electron chi connectivity index (χ3n) is 1.86. The van der Waals surface area contributed by atoms with Gasteiger partial charge in [-0.2, -0.15) is 0 Å². The lowest BCUT2D eigenvalue weighted by Crippen LogP contribution is -2.05. The molecule has 0 aliphatic heterocycles. The van der Waals surface area contributed by atoms with Gasteiger partial charge < -0.3 is 0 Å². The first kappa shape index (κ1) is 6.12. The summed E-state index contributed by atoms with van der Waals surface area (Å²) in [6.45, 7) is 2.26. The van der Waals surface area contributed by atoms with Crippen molar-refractivity contribution in [1.82, 2.24) is 0 Å². The summed E-state index contributed by atoms with van der Waals surface area (Å²) < 4.78 is 0. The molecular formula is C8H14. The average Bonchev–Trinajstić information content (AvgIpc) is 1.90. The highest BCUT2D eigenvalue weighted by molar-refractivity contribution is 4.87. The van der Waals surface area contributed by atoms with Gasteiger partial charge in [0, 0.05) is 0 Å². The van der Waals surface area contributed by atoms with Crippen molar-refractivity contribution in [3.8, 4) is 0 Å². The fraction of sp³-hybridized carbons (Fsp3) is 0.750. The van der Waals surface area contributed by atoms with Crippen molar-refractivity contribution in [1.29, 1.82) is 0 Å². The predicted octanol–water partition coefficient (Wildman–Crippen LogP) is 2.61. The van der Waals surface area contributed by atoms with Crippen LogP contribution in [-0.4, -0.2) is 0 Å². The van der Waals surface area contributed by atoms with Crippen molar-refractivity contribution >= 4 is 0 Å². The zero-order valence-electron chi connectivity index (χ0n) is 5.56. The van der Waals surface area contributed by atoms with Gasteiger partial charge in [-0.05, 0) is 38.0 Å². The Bertz CT molecular complexity index is 51.1. The van der Waals surface area contributed by atoms with Gasteiger partial charge >= 0.3 is 0 Å². The summed E-state index contributed by atoms with van der Waals surface area (Å²) in [5, 5.41) is 0. The lowest BCUT2D eigenvalue weighted by atomic mass is 9.88. The molecule has 0 N–H and O–H groups in total. The Morgan fingerprint density at radius 1 is 1.50 bits per heavy atom. The zero-order valence-corrected chi connectivity index (χ0v) is 5.56. The monoisotopic (exact) mass is 110 g/mol. The Hall–Kier alpha value is 0. The summed E-state index contributed by atoms with van der Waals surface area (Å²) in [6, 6.07) is 0. The Kier molecular flexibility index (Phi) is 2.38. The van der Waals surface area contributed by atoms with E-state index in [1.807, 2.05) is 0 Å². The van der Waals surface area contributed by atoms with E-state index in [2.05, 4.69) is 19.8 Å². The van der Waals surface area contributed by atoms with Crippen molar-refractivity contribution in [2.24, 2.45) is 5.92 Å². The SMILES string of the molecule is CCC1[CH]CC[CH]C1. The maximum absolute atomic E-state index is 2.46. The van der Waals surface area contributed by atoms with Gasteiger partial charge in [0.05, 0.1) is 0 Å². The van der Waals surface area contributed by atoms with Crippen LogP contribution < -0.4 is 0 Å². The molecule has 0 aromatic heterocycles. The van der Waals surface area contributed by atoms with Crippen LogP contribution in [-0.2, 0) is 0 Å². The Balaban J connectivity index is 2.13. The van der Waals surface area contributed by atoms with Crippen molar-refractivity contribution in [3.63, 3.8) is 0 Å². The number of rotatable bonds is 1. The lowest BCUT2D eigenvalue weighted by Gasteiger charge is -2.18. The first-order valence-electron chi connectivity index (χ1n) is 3.58. The molecule has 0 amide bonds.